The van der Waals surface area contributed by atoms with Crippen LogP contribution in [0.2, 0.25) is 10.0 Å². The van der Waals surface area contributed by atoms with Gasteiger partial charge in [-0.3, -0.25) is 4.79 Å². The van der Waals surface area contributed by atoms with Gasteiger partial charge in [0.2, 0.25) is 0 Å². The highest BCUT2D eigenvalue weighted by atomic mass is 35.5. The summed E-state index contributed by atoms with van der Waals surface area (Å²) in [6.07, 6.45) is 0.823. The highest BCUT2D eigenvalue weighted by Crippen LogP contribution is 2.28. The average Bonchev–Trinajstić information content (AvgIpc) is 2.93. The van der Waals surface area contributed by atoms with E-state index in [1.165, 1.54) is 0 Å². The summed E-state index contributed by atoms with van der Waals surface area (Å²) in [5, 5.41) is 4.12. The van der Waals surface area contributed by atoms with Crippen molar-refractivity contribution in [1.29, 1.82) is 0 Å². The Bertz CT molecular complexity index is 678. The third-order valence-electron chi connectivity index (χ3n) is 3.65. The van der Waals surface area contributed by atoms with E-state index in [0.717, 1.165) is 16.9 Å². The van der Waals surface area contributed by atoms with Crippen molar-refractivity contribution < 1.29 is 9.53 Å². The van der Waals surface area contributed by atoms with E-state index in [-0.39, 0.29) is 5.91 Å². The third-order valence-corrected chi connectivity index (χ3v) is 4.24. The fourth-order valence-electron chi connectivity index (χ4n) is 2.49. The Morgan fingerprint density at radius 2 is 2.05 bits per heavy atom. The van der Waals surface area contributed by atoms with Crippen LogP contribution in [0.15, 0.2) is 42.5 Å². The number of halogens is 2. The molecule has 0 saturated heterocycles. The number of para-hydroxylation sites is 1. The molecule has 0 radical (unpaired) electrons. The Kier molecular flexibility index (Phi) is 4.55. The van der Waals surface area contributed by atoms with E-state index < -0.39 is 6.10 Å². The van der Waals surface area contributed by atoms with Crippen LogP contribution in [0.25, 0.3) is 0 Å². The minimum Gasteiger partial charge on any atom is -0.480 e. The molecule has 3 nitrogen and oxygen atoms in total. The van der Waals surface area contributed by atoms with Crippen LogP contribution in [-0.2, 0) is 17.6 Å². The van der Waals surface area contributed by atoms with E-state index in [2.05, 4.69) is 5.32 Å². The normalized spacial score (nSPS) is 16.0. The van der Waals surface area contributed by atoms with Gasteiger partial charge in [0.1, 0.15) is 5.75 Å². The van der Waals surface area contributed by atoms with Gasteiger partial charge in [0.05, 0.1) is 0 Å². The lowest BCUT2D eigenvalue weighted by atomic mass is 10.1. The summed E-state index contributed by atoms with van der Waals surface area (Å²) in [5.74, 6) is 0.699. The van der Waals surface area contributed by atoms with Crippen molar-refractivity contribution >= 4 is 29.1 Å². The molecule has 3 rings (SSSR count). The SMILES string of the molecule is O=C(NCCc1ccc(Cl)cc1Cl)[C@H]1Cc2ccccc2O1. The molecule has 114 valence electrons. The maximum Gasteiger partial charge on any atom is 0.261 e. The second-order valence-electron chi connectivity index (χ2n) is 5.20. The standard InChI is InChI=1S/C17H15Cl2NO2/c18-13-6-5-11(14(19)10-13)7-8-20-17(21)16-9-12-3-1-2-4-15(12)22-16/h1-6,10,16H,7-9H2,(H,20,21)/t16-/m1/s1. The predicted octanol–water partition coefficient (Wildman–Crippen LogP) is 3.66. The van der Waals surface area contributed by atoms with Crippen LogP contribution in [0.5, 0.6) is 5.75 Å². The summed E-state index contributed by atoms with van der Waals surface area (Å²) >= 11 is 12.0. The molecule has 0 aromatic heterocycles. The number of carbonyl (C=O) groups excluding carboxylic acids is 1. The first kappa shape index (κ1) is 15.2. The van der Waals surface area contributed by atoms with Crippen molar-refractivity contribution in [3.63, 3.8) is 0 Å². The maximum atomic E-state index is 12.2. The first-order valence-corrected chi connectivity index (χ1v) is 7.85. The van der Waals surface area contributed by atoms with Crippen molar-refractivity contribution in [3.8, 4) is 5.75 Å². The maximum absolute atomic E-state index is 12.2. The molecule has 5 heteroatoms. The lowest BCUT2D eigenvalue weighted by Gasteiger charge is -2.12. The Balaban J connectivity index is 1.51. The molecule has 0 bridgehead atoms. The molecule has 1 N–H and O–H groups in total. The van der Waals surface area contributed by atoms with Gasteiger partial charge >= 0.3 is 0 Å². The van der Waals surface area contributed by atoms with Crippen LogP contribution < -0.4 is 10.1 Å². The summed E-state index contributed by atoms with van der Waals surface area (Å²) in [4.78, 5) is 12.2. The molecule has 1 atom stereocenters. The molecule has 0 spiro atoms. The Morgan fingerprint density at radius 1 is 1.23 bits per heavy atom. The van der Waals surface area contributed by atoms with Crippen LogP contribution >= 0.6 is 23.2 Å². The van der Waals surface area contributed by atoms with Crippen molar-refractivity contribution in [1.82, 2.24) is 5.32 Å². The van der Waals surface area contributed by atoms with Gasteiger partial charge in [0, 0.05) is 23.0 Å². The zero-order valence-electron chi connectivity index (χ0n) is 11.8. The smallest absolute Gasteiger partial charge is 0.261 e. The molecule has 1 heterocycles. The van der Waals surface area contributed by atoms with E-state index in [4.69, 9.17) is 27.9 Å². The van der Waals surface area contributed by atoms with Crippen molar-refractivity contribution in [2.75, 3.05) is 6.54 Å². The monoisotopic (exact) mass is 335 g/mol. The molecule has 22 heavy (non-hydrogen) atoms. The fraction of sp³-hybridized carbons (Fsp3) is 0.235. The number of hydrogen-bond acceptors (Lipinski definition) is 2. The highest BCUT2D eigenvalue weighted by Gasteiger charge is 2.28. The van der Waals surface area contributed by atoms with Crippen LogP contribution in [0.1, 0.15) is 11.1 Å². The molecule has 1 aliphatic heterocycles. The number of rotatable bonds is 4. The van der Waals surface area contributed by atoms with E-state index in [0.29, 0.717) is 29.4 Å². The molecule has 1 amide bonds. The molecule has 2 aromatic rings. The van der Waals surface area contributed by atoms with E-state index in [1.54, 1.807) is 12.1 Å². The molecule has 0 fully saturated rings. The molecule has 1 aliphatic rings. The van der Waals surface area contributed by atoms with Gasteiger partial charge in [-0.2, -0.15) is 0 Å². The number of nitrogens with one attached hydrogen (secondary N) is 1. The van der Waals surface area contributed by atoms with Crippen LogP contribution in [-0.4, -0.2) is 18.6 Å². The van der Waals surface area contributed by atoms with Crippen molar-refractivity contribution in [3.05, 3.63) is 63.6 Å². The second kappa shape index (κ2) is 6.59. The zero-order valence-corrected chi connectivity index (χ0v) is 13.3. The Labute approximate surface area is 139 Å². The molecule has 2 aromatic carbocycles. The topological polar surface area (TPSA) is 38.3 Å². The summed E-state index contributed by atoms with van der Waals surface area (Å²) in [5.41, 5.74) is 2.03. The lowest BCUT2D eigenvalue weighted by Crippen LogP contribution is -2.38. The van der Waals surface area contributed by atoms with Gasteiger partial charge in [0.15, 0.2) is 6.10 Å². The zero-order chi connectivity index (χ0) is 15.5. The summed E-state index contributed by atoms with van der Waals surface area (Å²) in [6, 6.07) is 13.1. The lowest BCUT2D eigenvalue weighted by molar-refractivity contribution is -0.127. The molecule has 0 aliphatic carbocycles. The summed E-state index contributed by atoms with van der Waals surface area (Å²) in [6.45, 7) is 0.510. The van der Waals surface area contributed by atoms with Crippen LogP contribution in [0.3, 0.4) is 0 Å². The van der Waals surface area contributed by atoms with Crippen molar-refractivity contribution in [2.24, 2.45) is 0 Å². The fourth-order valence-corrected chi connectivity index (χ4v) is 2.99. The van der Waals surface area contributed by atoms with Crippen LogP contribution in [0.4, 0.5) is 0 Å². The van der Waals surface area contributed by atoms with E-state index in [9.17, 15) is 4.79 Å². The van der Waals surface area contributed by atoms with Gasteiger partial charge in [0.25, 0.3) is 5.91 Å². The molecular weight excluding hydrogens is 321 g/mol. The second-order valence-corrected chi connectivity index (χ2v) is 6.04. The predicted molar refractivity (Wildman–Crippen MR) is 87.7 cm³/mol. The first-order chi connectivity index (χ1) is 10.6. The minimum atomic E-state index is -0.446. The molecule has 0 unspecified atom stereocenters. The summed E-state index contributed by atoms with van der Waals surface area (Å²) in [7, 11) is 0. The number of hydrogen-bond donors (Lipinski definition) is 1. The molecule has 0 saturated carbocycles. The molecular formula is C17H15Cl2NO2. The number of amides is 1. The summed E-state index contributed by atoms with van der Waals surface area (Å²) < 4.78 is 5.66. The van der Waals surface area contributed by atoms with E-state index >= 15 is 0 Å². The Morgan fingerprint density at radius 3 is 2.82 bits per heavy atom. The van der Waals surface area contributed by atoms with Crippen LogP contribution in [0, 0.1) is 0 Å². The average molecular weight is 336 g/mol. The quantitative estimate of drug-likeness (QED) is 0.925. The number of carbonyl (C=O) groups is 1. The number of fused-ring (bicyclic) bond motifs is 1. The Hall–Kier alpha value is -1.71. The van der Waals surface area contributed by atoms with Gasteiger partial charge in [-0.25, -0.2) is 0 Å². The van der Waals surface area contributed by atoms with E-state index in [1.807, 2.05) is 30.3 Å². The van der Waals surface area contributed by atoms with Gasteiger partial charge in [-0.1, -0.05) is 47.5 Å². The van der Waals surface area contributed by atoms with Gasteiger partial charge < -0.3 is 10.1 Å². The largest absolute Gasteiger partial charge is 0.480 e. The van der Waals surface area contributed by atoms with Gasteiger partial charge in [-0.15, -0.1) is 0 Å². The first-order valence-electron chi connectivity index (χ1n) is 7.09. The van der Waals surface area contributed by atoms with Gasteiger partial charge in [-0.05, 0) is 35.7 Å². The minimum absolute atomic E-state index is 0.0960. The van der Waals surface area contributed by atoms with Crippen molar-refractivity contribution in [2.45, 2.75) is 18.9 Å². The number of ether oxygens (including phenoxy) is 1. The number of benzene rings is 2. The third kappa shape index (κ3) is 3.37. The highest BCUT2D eigenvalue weighted by molar-refractivity contribution is 6.35.